The van der Waals surface area contributed by atoms with E-state index in [1.165, 1.54) is 11.6 Å². The predicted octanol–water partition coefficient (Wildman–Crippen LogP) is 0.101. The summed E-state index contributed by atoms with van der Waals surface area (Å²) in [4.78, 5) is 49.9. The first kappa shape index (κ1) is 16.7. The number of fused-ring (bicyclic) bond motifs is 1. The molecule has 0 bridgehead atoms. The van der Waals surface area contributed by atoms with Gasteiger partial charge in [-0.2, -0.15) is 0 Å². The number of imide groups is 1. The van der Waals surface area contributed by atoms with Crippen LogP contribution >= 0.6 is 0 Å². The van der Waals surface area contributed by atoms with Crippen LogP contribution in [0.25, 0.3) is 0 Å². The Kier molecular flexibility index (Phi) is 4.03. The van der Waals surface area contributed by atoms with Crippen LogP contribution in [0.15, 0.2) is 33.9 Å². The minimum Gasteiger partial charge on any atom is -0.377 e. The van der Waals surface area contributed by atoms with E-state index in [4.69, 9.17) is 0 Å². The third kappa shape index (κ3) is 2.55. The number of nitrogens with zero attached hydrogens (tertiary/aromatic N) is 3. The van der Waals surface area contributed by atoms with Gasteiger partial charge in [-0.05, 0) is 19.1 Å². The molecule has 0 spiro atoms. The first-order chi connectivity index (χ1) is 11.8. The average Bonchev–Trinajstić information content (AvgIpc) is 2.86. The molecule has 0 fully saturated rings. The molecule has 1 aromatic carbocycles. The molecule has 1 N–H and O–H groups in total. The Balaban J connectivity index is 1.78. The minimum absolute atomic E-state index is 0.123. The zero-order chi connectivity index (χ0) is 18.3. The molecule has 2 heterocycles. The van der Waals surface area contributed by atoms with Gasteiger partial charge in [0.25, 0.3) is 17.4 Å². The molecule has 0 aliphatic carbocycles. The van der Waals surface area contributed by atoms with Crippen molar-refractivity contribution in [1.29, 1.82) is 0 Å². The highest BCUT2D eigenvalue weighted by atomic mass is 16.2. The van der Waals surface area contributed by atoms with E-state index in [2.05, 4.69) is 5.32 Å². The average molecular weight is 342 g/mol. The quantitative estimate of drug-likeness (QED) is 0.796. The number of amides is 2. The molecule has 1 aliphatic rings. The molecule has 2 amide bonds. The summed E-state index contributed by atoms with van der Waals surface area (Å²) >= 11 is 0. The molecule has 130 valence electrons. The Hall–Kier alpha value is -3.16. The van der Waals surface area contributed by atoms with E-state index in [1.54, 1.807) is 38.2 Å². The summed E-state index contributed by atoms with van der Waals surface area (Å²) in [6.45, 7) is 1.99. The molecule has 0 unspecified atom stereocenters. The van der Waals surface area contributed by atoms with Crippen LogP contribution in [-0.4, -0.2) is 38.9 Å². The number of hydrogen-bond donors (Lipinski definition) is 1. The van der Waals surface area contributed by atoms with Gasteiger partial charge in [0.2, 0.25) is 0 Å². The number of carbonyl (C=O) groups is 2. The van der Waals surface area contributed by atoms with Crippen molar-refractivity contribution in [1.82, 2.24) is 14.0 Å². The van der Waals surface area contributed by atoms with Crippen LogP contribution in [0.3, 0.4) is 0 Å². The van der Waals surface area contributed by atoms with Crippen molar-refractivity contribution in [2.45, 2.75) is 6.92 Å². The number of rotatable bonds is 4. The second-order valence-corrected chi connectivity index (χ2v) is 5.90. The van der Waals surface area contributed by atoms with Gasteiger partial charge in [-0.25, -0.2) is 4.79 Å². The number of aromatic nitrogens is 2. The normalized spacial score (nSPS) is 13.3. The summed E-state index contributed by atoms with van der Waals surface area (Å²) in [5.74, 6) is -0.681. The lowest BCUT2D eigenvalue weighted by molar-refractivity contribution is 0.0660. The van der Waals surface area contributed by atoms with E-state index in [0.717, 1.165) is 9.47 Å². The lowest BCUT2D eigenvalue weighted by atomic mass is 10.1. The molecule has 8 heteroatoms. The molecule has 1 aliphatic heterocycles. The summed E-state index contributed by atoms with van der Waals surface area (Å²) in [5.41, 5.74) is 0.705. The SMILES string of the molecule is Cc1c(NCCN2C(=O)c3ccccc3C2=O)c(=O)n(C)c(=O)n1C. The van der Waals surface area contributed by atoms with E-state index in [-0.39, 0.29) is 30.6 Å². The van der Waals surface area contributed by atoms with Crippen molar-refractivity contribution in [3.8, 4) is 0 Å². The number of benzene rings is 1. The van der Waals surface area contributed by atoms with Crippen LogP contribution in [-0.2, 0) is 14.1 Å². The van der Waals surface area contributed by atoms with E-state index < -0.39 is 11.2 Å². The molecule has 8 nitrogen and oxygen atoms in total. The minimum atomic E-state index is -0.442. The standard InChI is InChI=1S/C17H18N4O4/c1-10-13(16(24)20(3)17(25)19(10)2)18-8-9-21-14(22)11-6-4-5-7-12(11)15(21)23/h4-7,18H,8-9H2,1-3H3. The largest absolute Gasteiger partial charge is 0.377 e. The highest BCUT2D eigenvalue weighted by Crippen LogP contribution is 2.21. The fraction of sp³-hybridized carbons (Fsp3) is 0.294. The number of hydrogen-bond acceptors (Lipinski definition) is 5. The topological polar surface area (TPSA) is 93.4 Å². The second-order valence-electron chi connectivity index (χ2n) is 5.90. The van der Waals surface area contributed by atoms with Crippen molar-refractivity contribution in [3.63, 3.8) is 0 Å². The van der Waals surface area contributed by atoms with Crippen LogP contribution in [0.2, 0.25) is 0 Å². The van der Waals surface area contributed by atoms with E-state index in [0.29, 0.717) is 16.8 Å². The molecule has 1 aromatic heterocycles. The molecular formula is C17H18N4O4. The maximum atomic E-state index is 12.3. The Morgan fingerprint density at radius 3 is 2.04 bits per heavy atom. The van der Waals surface area contributed by atoms with Gasteiger partial charge >= 0.3 is 5.69 Å². The van der Waals surface area contributed by atoms with Crippen molar-refractivity contribution in [2.24, 2.45) is 14.1 Å². The molecule has 3 rings (SSSR count). The first-order valence-corrected chi connectivity index (χ1v) is 7.80. The maximum Gasteiger partial charge on any atom is 0.330 e. The highest BCUT2D eigenvalue weighted by Gasteiger charge is 2.34. The lowest BCUT2D eigenvalue weighted by Crippen LogP contribution is -2.41. The van der Waals surface area contributed by atoms with Gasteiger partial charge < -0.3 is 5.32 Å². The lowest BCUT2D eigenvalue weighted by Gasteiger charge is -2.17. The van der Waals surface area contributed by atoms with Gasteiger partial charge in [-0.15, -0.1) is 0 Å². The third-order valence-electron chi connectivity index (χ3n) is 4.47. The van der Waals surface area contributed by atoms with Gasteiger partial charge in [-0.1, -0.05) is 12.1 Å². The number of nitrogens with one attached hydrogen (secondary N) is 1. The fourth-order valence-electron chi connectivity index (χ4n) is 2.88. The van der Waals surface area contributed by atoms with E-state index >= 15 is 0 Å². The van der Waals surface area contributed by atoms with Crippen LogP contribution in [0.4, 0.5) is 5.69 Å². The van der Waals surface area contributed by atoms with Gasteiger partial charge in [-0.3, -0.25) is 28.4 Å². The Morgan fingerprint density at radius 2 is 1.48 bits per heavy atom. The molecule has 0 saturated carbocycles. The first-order valence-electron chi connectivity index (χ1n) is 7.80. The second kappa shape index (κ2) is 6.04. The molecule has 2 aromatic rings. The Labute approximate surface area is 143 Å². The van der Waals surface area contributed by atoms with Gasteiger partial charge in [0.05, 0.1) is 11.1 Å². The molecular weight excluding hydrogens is 324 g/mol. The molecule has 25 heavy (non-hydrogen) atoms. The van der Waals surface area contributed by atoms with Crippen LogP contribution in [0.5, 0.6) is 0 Å². The third-order valence-corrected chi connectivity index (χ3v) is 4.47. The number of carbonyl (C=O) groups excluding carboxylic acids is 2. The summed E-state index contributed by atoms with van der Waals surface area (Å²) < 4.78 is 2.38. The molecule has 0 atom stereocenters. The van der Waals surface area contributed by atoms with E-state index in [9.17, 15) is 19.2 Å². The van der Waals surface area contributed by atoms with Crippen molar-refractivity contribution >= 4 is 17.5 Å². The van der Waals surface area contributed by atoms with Crippen molar-refractivity contribution in [2.75, 3.05) is 18.4 Å². The van der Waals surface area contributed by atoms with E-state index in [1.807, 2.05) is 0 Å². The van der Waals surface area contributed by atoms with Crippen LogP contribution in [0.1, 0.15) is 26.4 Å². The summed E-state index contributed by atoms with van der Waals surface area (Å²) in [6.07, 6.45) is 0. The molecule has 0 radical (unpaired) electrons. The number of anilines is 1. The maximum absolute atomic E-state index is 12.3. The zero-order valence-corrected chi connectivity index (χ0v) is 14.2. The van der Waals surface area contributed by atoms with Gasteiger partial charge in [0, 0.05) is 32.9 Å². The summed E-state index contributed by atoms with van der Waals surface area (Å²) in [7, 11) is 2.98. The smallest absolute Gasteiger partial charge is 0.330 e. The van der Waals surface area contributed by atoms with Crippen LogP contribution < -0.4 is 16.6 Å². The Bertz CT molecular complexity index is 968. The Morgan fingerprint density at radius 1 is 0.920 bits per heavy atom. The molecule has 0 saturated heterocycles. The van der Waals surface area contributed by atoms with Crippen molar-refractivity contribution in [3.05, 3.63) is 61.9 Å². The predicted molar refractivity (Wildman–Crippen MR) is 92.0 cm³/mol. The summed E-state index contributed by atoms with van der Waals surface area (Å²) in [6, 6.07) is 6.67. The fourth-order valence-corrected chi connectivity index (χ4v) is 2.88. The van der Waals surface area contributed by atoms with Crippen molar-refractivity contribution < 1.29 is 9.59 Å². The van der Waals surface area contributed by atoms with Gasteiger partial charge in [0.1, 0.15) is 5.69 Å². The monoisotopic (exact) mass is 342 g/mol. The highest BCUT2D eigenvalue weighted by molar-refractivity contribution is 6.21. The van der Waals surface area contributed by atoms with Gasteiger partial charge in [0.15, 0.2) is 0 Å². The van der Waals surface area contributed by atoms with Crippen LogP contribution in [0, 0.1) is 6.92 Å². The zero-order valence-electron chi connectivity index (χ0n) is 14.2. The summed E-state index contributed by atoms with van der Waals surface area (Å²) in [5, 5.41) is 2.95.